The van der Waals surface area contributed by atoms with Gasteiger partial charge in [0.15, 0.2) is 0 Å². The van der Waals surface area contributed by atoms with Crippen LogP contribution in [0.1, 0.15) is 40.0 Å². The van der Waals surface area contributed by atoms with Crippen LogP contribution in [0, 0.1) is 23.9 Å². The van der Waals surface area contributed by atoms with E-state index in [9.17, 15) is 0 Å². The van der Waals surface area contributed by atoms with E-state index in [2.05, 4.69) is 74.1 Å². The van der Waals surface area contributed by atoms with Gasteiger partial charge in [-0.15, -0.1) is 29.7 Å². The second-order valence-corrected chi connectivity index (χ2v) is 16.7. The van der Waals surface area contributed by atoms with Crippen LogP contribution in [-0.2, 0) is 27.5 Å². The number of para-hydroxylation sites is 4. The second kappa shape index (κ2) is 17.3. The first-order chi connectivity index (χ1) is 35.5. The van der Waals surface area contributed by atoms with Gasteiger partial charge >= 0.3 is 0 Å². The van der Waals surface area contributed by atoms with Crippen LogP contribution >= 0.6 is 0 Å². The zero-order chi connectivity index (χ0) is 51.9. The first-order valence-electron chi connectivity index (χ1n) is 25.9. The Morgan fingerprint density at radius 2 is 1.26 bits per heavy atom. The Balaban J connectivity index is 0.00000641. The van der Waals surface area contributed by atoms with Gasteiger partial charge in [0.1, 0.15) is 5.82 Å². The maximum atomic E-state index is 9.03. The van der Waals surface area contributed by atoms with Gasteiger partial charge in [-0.3, -0.25) is 4.57 Å². The largest absolute Gasteiger partial charge is 0.510 e. The minimum absolute atomic E-state index is 0. The van der Waals surface area contributed by atoms with E-state index in [4.69, 9.17) is 23.4 Å². The SMILES string of the molecule is [2H]c1c([2H])c([2H])c(-c2cccc(-c3c([2H])c([2H])c([2H])c([2H])c3[2H])c2-[n+]2[c-]n(-c3[c-]c(Oc4[c-]c5c(cc4)c4ccccc4n5-c4cc(CC(C)(C)C)c(-c5ccccc5)cn4)ccc3)c3ccccc32)c([2H])c1[2H].[Pt]. The summed E-state index contributed by atoms with van der Waals surface area (Å²) in [4.78, 5) is 5.08. The number of hydrogen-bond donors (Lipinski definition) is 0. The van der Waals surface area contributed by atoms with Crippen molar-refractivity contribution in [2.45, 2.75) is 27.2 Å². The van der Waals surface area contributed by atoms with E-state index in [1.54, 1.807) is 39.5 Å². The minimum Gasteiger partial charge on any atom is -0.510 e. The van der Waals surface area contributed by atoms with Gasteiger partial charge in [0.2, 0.25) is 0 Å². The first kappa shape index (κ1) is 31.5. The molecule has 5 nitrogen and oxygen atoms in total. The fourth-order valence-electron chi connectivity index (χ4n) is 8.48. The summed E-state index contributed by atoms with van der Waals surface area (Å²) in [7, 11) is 0. The second-order valence-electron chi connectivity index (χ2n) is 16.7. The van der Waals surface area contributed by atoms with Gasteiger partial charge in [0, 0.05) is 49.8 Å². The molecule has 0 spiro atoms. The molecule has 0 unspecified atom stereocenters. The number of aromatic nitrogens is 4. The molecule has 0 aliphatic heterocycles. The zero-order valence-electron chi connectivity index (χ0n) is 45.5. The van der Waals surface area contributed by atoms with Crippen molar-refractivity contribution < 1.29 is 44.1 Å². The van der Waals surface area contributed by atoms with Gasteiger partial charge in [-0.1, -0.05) is 178 Å². The molecule has 0 aliphatic carbocycles. The predicted octanol–water partition coefficient (Wildman–Crippen LogP) is 14.2. The monoisotopic (exact) mass is 1030 g/mol. The van der Waals surface area contributed by atoms with Crippen molar-refractivity contribution in [3.63, 3.8) is 0 Å². The van der Waals surface area contributed by atoms with Crippen molar-refractivity contribution in [3.8, 4) is 62.1 Å². The number of fused-ring (bicyclic) bond motifs is 4. The predicted molar refractivity (Wildman–Crippen MR) is 259 cm³/mol. The topological polar surface area (TPSA) is 35.9 Å². The maximum Gasteiger partial charge on any atom is 0.268 e. The molecule has 0 fully saturated rings. The van der Waals surface area contributed by atoms with Crippen molar-refractivity contribution in [2.24, 2.45) is 5.41 Å². The van der Waals surface area contributed by atoms with Crippen LogP contribution in [0.4, 0.5) is 0 Å². The van der Waals surface area contributed by atoms with Gasteiger partial charge in [-0.2, -0.15) is 18.2 Å². The third-order valence-electron chi connectivity index (χ3n) is 11.1. The number of ether oxygens (including phenoxy) is 1. The Morgan fingerprint density at radius 1 is 0.615 bits per heavy atom. The van der Waals surface area contributed by atoms with Crippen molar-refractivity contribution in [1.82, 2.24) is 14.1 Å². The summed E-state index contributed by atoms with van der Waals surface area (Å²) in [6.07, 6.45) is 6.20. The third kappa shape index (κ3) is 7.98. The van der Waals surface area contributed by atoms with Crippen LogP contribution in [0.3, 0.4) is 0 Å². The van der Waals surface area contributed by atoms with Crippen molar-refractivity contribution in [2.75, 3.05) is 0 Å². The van der Waals surface area contributed by atoms with Gasteiger partial charge < -0.3 is 13.9 Å². The van der Waals surface area contributed by atoms with E-state index in [1.165, 1.54) is 5.56 Å². The van der Waals surface area contributed by atoms with Crippen molar-refractivity contribution in [3.05, 3.63) is 224 Å². The molecule has 0 amide bonds. The fourth-order valence-corrected chi connectivity index (χ4v) is 8.48. The zero-order valence-corrected chi connectivity index (χ0v) is 37.8. The molecule has 11 aromatic rings. The quantitative estimate of drug-likeness (QED) is 0.107. The van der Waals surface area contributed by atoms with Crippen molar-refractivity contribution in [1.29, 1.82) is 0 Å². The third-order valence-corrected chi connectivity index (χ3v) is 11.1. The molecule has 11 rings (SSSR count). The molecule has 0 aliphatic rings. The summed E-state index contributed by atoms with van der Waals surface area (Å²) in [5, 5.41) is 2.01. The molecule has 3 heterocycles. The minimum atomic E-state index is -0.573. The Hall–Kier alpha value is -7.33. The molecule has 65 heavy (non-hydrogen) atoms. The molecule has 3 aromatic heterocycles. The number of pyridine rings is 1. The molecule has 0 radical (unpaired) electrons. The van der Waals surface area contributed by atoms with E-state index in [0.717, 1.165) is 45.2 Å². The average molecular weight is 1030 g/mol. The summed E-state index contributed by atoms with van der Waals surface area (Å²) >= 11 is 0. The van der Waals surface area contributed by atoms with Gasteiger partial charge in [0.05, 0.1) is 30.4 Å². The number of imidazole rings is 1. The van der Waals surface area contributed by atoms with Gasteiger partial charge in [-0.25, -0.2) is 4.98 Å². The van der Waals surface area contributed by atoms with Gasteiger partial charge in [-0.05, 0) is 68.4 Å². The van der Waals surface area contributed by atoms with E-state index in [0.29, 0.717) is 28.2 Å². The van der Waals surface area contributed by atoms with Crippen LogP contribution in [-0.4, -0.2) is 14.1 Å². The smallest absolute Gasteiger partial charge is 0.268 e. The Morgan fingerprint density at radius 3 is 1.98 bits per heavy atom. The van der Waals surface area contributed by atoms with E-state index < -0.39 is 60.4 Å². The van der Waals surface area contributed by atoms with E-state index in [1.807, 2.05) is 79.0 Å². The Labute approximate surface area is 408 Å². The molecule has 318 valence electrons. The summed E-state index contributed by atoms with van der Waals surface area (Å²) in [5.74, 6) is 1.54. The normalized spacial score (nSPS) is 13.7. The van der Waals surface area contributed by atoms with Crippen molar-refractivity contribution >= 4 is 32.8 Å². The van der Waals surface area contributed by atoms with Gasteiger partial charge in [0.25, 0.3) is 6.33 Å². The molecular formula is C59H44N4OPt-2. The van der Waals surface area contributed by atoms with E-state index >= 15 is 0 Å². The molecule has 0 saturated carbocycles. The molecule has 8 aromatic carbocycles. The number of benzene rings is 8. The number of hydrogen-bond acceptors (Lipinski definition) is 2. The van der Waals surface area contributed by atoms with Crippen LogP contribution < -0.4 is 9.30 Å². The molecule has 6 heteroatoms. The molecule has 0 bridgehead atoms. The van der Waals surface area contributed by atoms with Crippen LogP contribution in [0.2, 0.25) is 0 Å². The standard InChI is InChI=1S/C59H44N4O.Pt/c1-59(2,3)38-44-35-57(60-39-52(44)43-23-11-6-12-24-43)63-53-30-14-13-27-50(53)51-34-33-47(37-56(51)63)64-46-26-17-25-45(36-46)61-40-62(55-32-16-15-31-54(55)61)58-48(41-19-7-4-8-20-41)28-18-29-49(58)42-21-9-5-10-22-42;/h4-35,39H,38H2,1-3H3;/q-2;/i4D,5D,7D,8D,9D,10D,19D,20D,21D,22D;. The Kier molecular flexibility index (Phi) is 8.40. The van der Waals surface area contributed by atoms with Crippen LogP contribution in [0.25, 0.3) is 83.4 Å². The maximum absolute atomic E-state index is 9.03. The summed E-state index contributed by atoms with van der Waals surface area (Å²) in [5.41, 5.74) is 6.92. The molecule has 0 N–H and O–H groups in total. The molecular weight excluding hydrogens is 976 g/mol. The summed E-state index contributed by atoms with van der Waals surface area (Å²) in [6, 6.07) is 43.8. The first-order valence-corrected chi connectivity index (χ1v) is 20.9. The Bertz CT molecular complexity index is 3950. The summed E-state index contributed by atoms with van der Waals surface area (Å²) < 4.78 is 99.2. The average Bonchev–Trinajstić information content (AvgIpc) is 4.00. The summed E-state index contributed by atoms with van der Waals surface area (Å²) in [6.45, 7) is 6.70. The molecule has 0 saturated heterocycles. The fraction of sp³-hybridized carbons (Fsp3) is 0.0847. The van der Waals surface area contributed by atoms with Crippen LogP contribution in [0.15, 0.2) is 200 Å². The molecule has 0 atom stereocenters. The van der Waals surface area contributed by atoms with E-state index in [-0.39, 0.29) is 54.4 Å². The number of rotatable bonds is 9. The van der Waals surface area contributed by atoms with Crippen LogP contribution in [0.5, 0.6) is 11.5 Å². The number of nitrogens with zero attached hydrogens (tertiary/aromatic N) is 4.